The van der Waals surface area contributed by atoms with Crippen molar-refractivity contribution >= 4 is 52.0 Å². The van der Waals surface area contributed by atoms with E-state index >= 15 is 0 Å². The van der Waals surface area contributed by atoms with Crippen LogP contribution in [0.2, 0.25) is 5.02 Å². The van der Waals surface area contributed by atoms with Crippen LogP contribution in [0.5, 0.6) is 11.5 Å². The average molecular weight is 516 g/mol. The van der Waals surface area contributed by atoms with Crippen molar-refractivity contribution in [3.05, 3.63) is 105 Å². The first-order valence-electron chi connectivity index (χ1n) is 11.2. The van der Waals surface area contributed by atoms with Gasteiger partial charge in [-0.25, -0.2) is 0 Å². The van der Waals surface area contributed by atoms with Crippen LogP contribution in [0.4, 0.5) is 0 Å². The number of amidine groups is 2. The second-order valence-corrected chi connectivity index (χ2v) is 9.48. The van der Waals surface area contributed by atoms with Crippen LogP contribution in [0.25, 0.3) is 11.8 Å². The maximum atomic E-state index is 12.8. The molecule has 1 N–H and O–H groups in total. The van der Waals surface area contributed by atoms with Crippen molar-refractivity contribution in [1.82, 2.24) is 4.90 Å². The SMILES string of the molecule is COc1cc(C=C2C(=N)N3C(c4ccccc4)=CSC3=NC2=O)cc(Cl)c1OCc1cccc(C)c1. The Morgan fingerprint density at radius 2 is 1.92 bits per heavy atom. The number of fused-ring (bicyclic) bond motifs is 1. The van der Waals surface area contributed by atoms with Gasteiger partial charge in [0.05, 0.1) is 23.4 Å². The van der Waals surface area contributed by atoms with Gasteiger partial charge in [0.25, 0.3) is 5.91 Å². The molecule has 2 aliphatic heterocycles. The lowest BCUT2D eigenvalue weighted by Crippen LogP contribution is -2.38. The van der Waals surface area contributed by atoms with Crippen molar-refractivity contribution < 1.29 is 14.3 Å². The predicted octanol–water partition coefficient (Wildman–Crippen LogP) is 6.54. The summed E-state index contributed by atoms with van der Waals surface area (Å²) in [7, 11) is 1.53. The van der Waals surface area contributed by atoms with E-state index < -0.39 is 5.91 Å². The van der Waals surface area contributed by atoms with Crippen LogP contribution < -0.4 is 9.47 Å². The van der Waals surface area contributed by atoms with E-state index in [1.54, 1.807) is 23.1 Å². The third-order valence-corrected chi connectivity index (χ3v) is 6.82. The Hall–Kier alpha value is -3.81. The number of nitrogens with one attached hydrogen (secondary N) is 1. The molecule has 0 atom stereocenters. The third kappa shape index (κ3) is 4.67. The van der Waals surface area contributed by atoms with E-state index in [0.29, 0.717) is 33.9 Å². The molecule has 0 radical (unpaired) electrons. The number of carbonyl (C=O) groups is 1. The molecule has 0 saturated carbocycles. The number of ether oxygens (including phenoxy) is 2. The number of methoxy groups -OCH3 is 1. The Kier molecular flexibility index (Phi) is 6.67. The predicted molar refractivity (Wildman–Crippen MR) is 146 cm³/mol. The largest absolute Gasteiger partial charge is 0.493 e. The fraction of sp³-hybridized carbons (Fsp3) is 0.107. The Morgan fingerprint density at radius 3 is 2.67 bits per heavy atom. The Bertz CT molecular complexity index is 1460. The van der Waals surface area contributed by atoms with Crippen LogP contribution in [0.15, 0.2) is 82.7 Å². The van der Waals surface area contributed by atoms with E-state index in [9.17, 15) is 4.79 Å². The molecule has 0 unspecified atom stereocenters. The zero-order chi connectivity index (χ0) is 25.2. The molecule has 3 aromatic carbocycles. The highest BCUT2D eigenvalue weighted by atomic mass is 35.5. The van der Waals surface area contributed by atoms with Crippen molar-refractivity contribution in [2.75, 3.05) is 7.11 Å². The first kappa shape index (κ1) is 23.9. The van der Waals surface area contributed by atoms with Crippen LogP contribution >= 0.6 is 23.4 Å². The quantitative estimate of drug-likeness (QED) is 0.377. The smallest absolute Gasteiger partial charge is 0.283 e. The molecule has 6 nitrogen and oxygen atoms in total. The minimum absolute atomic E-state index is 0.0555. The van der Waals surface area contributed by atoms with Crippen LogP contribution in [0.1, 0.15) is 22.3 Å². The van der Waals surface area contributed by atoms with E-state index in [2.05, 4.69) is 4.99 Å². The van der Waals surface area contributed by atoms with E-state index in [-0.39, 0.29) is 11.4 Å². The number of hydrogen-bond donors (Lipinski definition) is 1. The maximum absolute atomic E-state index is 12.8. The molecule has 0 saturated heterocycles. The number of hydrogen-bond acceptors (Lipinski definition) is 5. The molecule has 8 heteroatoms. The van der Waals surface area contributed by atoms with Crippen molar-refractivity contribution in [2.24, 2.45) is 4.99 Å². The lowest BCUT2D eigenvalue weighted by atomic mass is 10.1. The van der Waals surface area contributed by atoms with Crippen molar-refractivity contribution in [1.29, 1.82) is 5.41 Å². The summed E-state index contributed by atoms with van der Waals surface area (Å²) in [6.45, 7) is 2.36. The number of halogens is 1. The summed E-state index contributed by atoms with van der Waals surface area (Å²) in [5.74, 6) is 0.428. The Morgan fingerprint density at radius 1 is 1.11 bits per heavy atom. The second-order valence-electron chi connectivity index (χ2n) is 8.24. The van der Waals surface area contributed by atoms with Gasteiger partial charge in [-0.05, 0) is 41.8 Å². The van der Waals surface area contributed by atoms with Gasteiger partial charge >= 0.3 is 0 Å². The molecule has 0 spiro atoms. The van der Waals surface area contributed by atoms with Gasteiger partial charge in [0.15, 0.2) is 16.7 Å². The first-order chi connectivity index (χ1) is 17.4. The van der Waals surface area contributed by atoms with Gasteiger partial charge in [-0.1, -0.05) is 83.5 Å². The third-order valence-electron chi connectivity index (χ3n) is 5.71. The highest BCUT2D eigenvalue weighted by molar-refractivity contribution is 8.17. The summed E-state index contributed by atoms with van der Waals surface area (Å²) < 4.78 is 11.5. The first-order valence-corrected chi connectivity index (χ1v) is 12.4. The number of aryl methyl sites for hydroxylation is 1. The normalized spacial score (nSPS) is 16.1. The van der Waals surface area contributed by atoms with Crippen molar-refractivity contribution in [3.8, 4) is 11.5 Å². The molecule has 36 heavy (non-hydrogen) atoms. The zero-order valence-electron chi connectivity index (χ0n) is 19.6. The molecule has 5 rings (SSSR count). The standard InChI is InChI=1S/C28H22ClN3O3S/c1-17-7-6-8-18(11-17)15-35-25-22(29)13-19(14-24(25)34-2)12-21-26(30)32-23(20-9-4-3-5-10-20)16-36-28(32)31-27(21)33/h3-14,16,30H,15H2,1-2H3. The maximum Gasteiger partial charge on any atom is 0.283 e. The molecule has 2 aliphatic rings. The topological polar surface area (TPSA) is 75.0 Å². The second kappa shape index (κ2) is 10.0. The zero-order valence-corrected chi connectivity index (χ0v) is 21.2. The number of amides is 1. The number of nitrogens with zero attached hydrogens (tertiary/aromatic N) is 2. The van der Waals surface area contributed by atoms with Gasteiger partial charge < -0.3 is 9.47 Å². The summed E-state index contributed by atoms with van der Waals surface area (Å²) in [5.41, 5.74) is 4.66. The lowest BCUT2D eigenvalue weighted by Gasteiger charge is -2.27. The number of carbonyl (C=O) groups excluding carboxylic acids is 1. The molecule has 0 bridgehead atoms. The minimum atomic E-state index is -0.476. The monoisotopic (exact) mass is 515 g/mol. The molecule has 0 aliphatic carbocycles. The fourth-order valence-electron chi connectivity index (χ4n) is 4.00. The minimum Gasteiger partial charge on any atom is -0.493 e. The lowest BCUT2D eigenvalue weighted by molar-refractivity contribution is -0.114. The van der Waals surface area contributed by atoms with Crippen LogP contribution in [0.3, 0.4) is 0 Å². The van der Waals surface area contributed by atoms with Gasteiger partial charge in [-0.15, -0.1) is 0 Å². The summed E-state index contributed by atoms with van der Waals surface area (Å²) in [4.78, 5) is 18.7. The van der Waals surface area contributed by atoms with Gasteiger partial charge in [0, 0.05) is 5.41 Å². The number of benzene rings is 3. The van der Waals surface area contributed by atoms with Crippen molar-refractivity contribution in [3.63, 3.8) is 0 Å². The van der Waals surface area contributed by atoms with E-state index in [4.69, 9.17) is 26.5 Å². The molecular weight excluding hydrogens is 494 g/mol. The number of aliphatic imine (C=N–C) groups is 1. The number of rotatable bonds is 6. The highest BCUT2D eigenvalue weighted by Crippen LogP contribution is 2.40. The highest BCUT2D eigenvalue weighted by Gasteiger charge is 2.36. The molecule has 0 aromatic heterocycles. The molecule has 180 valence electrons. The van der Waals surface area contributed by atoms with Gasteiger partial charge in [0.1, 0.15) is 12.4 Å². The molecular formula is C28H22ClN3O3S. The number of thioether (sulfide) groups is 1. The van der Waals surface area contributed by atoms with Crippen LogP contribution in [-0.4, -0.2) is 28.9 Å². The van der Waals surface area contributed by atoms with Gasteiger partial charge in [-0.3, -0.25) is 15.1 Å². The van der Waals surface area contributed by atoms with Gasteiger partial charge in [-0.2, -0.15) is 4.99 Å². The van der Waals surface area contributed by atoms with Crippen LogP contribution in [0, 0.1) is 12.3 Å². The van der Waals surface area contributed by atoms with Gasteiger partial charge in [0.2, 0.25) is 0 Å². The molecule has 2 heterocycles. The molecule has 1 amide bonds. The van der Waals surface area contributed by atoms with E-state index in [1.807, 2.05) is 66.9 Å². The van der Waals surface area contributed by atoms with Crippen molar-refractivity contribution in [2.45, 2.75) is 13.5 Å². The average Bonchev–Trinajstić information content (AvgIpc) is 3.30. The molecule has 0 fully saturated rings. The summed E-state index contributed by atoms with van der Waals surface area (Å²) in [5, 5.41) is 11.5. The van der Waals surface area contributed by atoms with Crippen LogP contribution in [-0.2, 0) is 11.4 Å². The Balaban J connectivity index is 1.44. The summed E-state index contributed by atoms with van der Waals surface area (Å²) in [6, 6.07) is 21.2. The summed E-state index contributed by atoms with van der Waals surface area (Å²) in [6.07, 6.45) is 1.61. The Labute approximate surface area is 218 Å². The summed E-state index contributed by atoms with van der Waals surface area (Å²) >= 11 is 7.90. The van der Waals surface area contributed by atoms with E-state index in [1.165, 1.54) is 18.9 Å². The molecule has 3 aromatic rings. The fourth-order valence-corrected chi connectivity index (χ4v) is 5.16. The van der Waals surface area contributed by atoms with E-state index in [0.717, 1.165) is 22.4 Å².